The third-order valence-corrected chi connectivity index (χ3v) is 6.73. The van der Waals surface area contributed by atoms with Gasteiger partial charge in [-0.25, -0.2) is 9.78 Å². The molecule has 0 bridgehead atoms. The molecular formula is C29H29Cl2N5O3. The smallest absolute Gasteiger partial charge is 0.411 e. The number of nitrogens with zero attached hydrogens (tertiary/aromatic N) is 1. The van der Waals surface area contributed by atoms with E-state index in [1.54, 1.807) is 30.3 Å². The summed E-state index contributed by atoms with van der Waals surface area (Å²) in [6.45, 7) is 0.373. The SMILES string of the molecule is COC(=O)Nc1ccc(-c2nc([C@H](Cc3ccccc3)NC(=O)CCc3cc(Cl)ccc3CN)[nH]c2Cl)cc1. The van der Waals surface area contributed by atoms with Gasteiger partial charge in [0.2, 0.25) is 5.91 Å². The lowest BCUT2D eigenvalue weighted by molar-refractivity contribution is -0.121. The zero-order valence-electron chi connectivity index (χ0n) is 21.3. The molecule has 39 heavy (non-hydrogen) atoms. The molecule has 0 saturated carbocycles. The molecule has 0 fully saturated rings. The minimum atomic E-state index is -0.558. The molecule has 10 heteroatoms. The van der Waals surface area contributed by atoms with Gasteiger partial charge >= 0.3 is 6.09 Å². The summed E-state index contributed by atoms with van der Waals surface area (Å²) in [5.41, 5.74) is 10.7. The zero-order chi connectivity index (χ0) is 27.8. The number of aromatic amines is 1. The van der Waals surface area contributed by atoms with Crippen LogP contribution in [0.15, 0.2) is 72.8 Å². The highest BCUT2D eigenvalue weighted by atomic mass is 35.5. The van der Waals surface area contributed by atoms with Crippen molar-refractivity contribution in [2.45, 2.75) is 31.8 Å². The molecule has 0 aliphatic heterocycles. The van der Waals surface area contributed by atoms with Gasteiger partial charge in [0.15, 0.2) is 0 Å². The van der Waals surface area contributed by atoms with E-state index in [1.807, 2.05) is 42.5 Å². The third kappa shape index (κ3) is 7.60. The van der Waals surface area contributed by atoms with Crippen LogP contribution in [0.25, 0.3) is 11.3 Å². The summed E-state index contributed by atoms with van der Waals surface area (Å²) in [5.74, 6) is 0.403. The van der Waals surface area contributed by atoms with Crippen molar-refractivity contribution in [2.75, 3.05) is 12.4 Å². The number of carbonyl (C=O) groups is 2. The first-order valence-electron chi connectivity index (χ1n) is 12.4. The number of aryl methyl sites for hydroxylation is 1. The highest BCUT2D eigenvalue weighted by Crippen LogP contribution is 2.29. The minimum absolute atomic E-state index is 0.133. The first kappa shape index (κ1) is 28.2. The number of amides is 2. The summed E-state index contributed by atoms with van der Waals surface area (Å²) in [4.78, 5) is 32.4. The first-order valence-corrected chi connectivity index (χ1v) is 13.1. The van der Waals surface area contributed by atoms with Gasteiger partial charge in [0.05, 0.1) is 13.2 Å². The topological polar surface area (TPSA) is 122 Å². The molecule has 0 aliphatic rings. The monoisotopic (exact) mass is 565 g/mol. The molecule has 1 atom stereocenters. The average Bonchev–Trinajstić information content (AvgIpc) is 3.34. The van der Waals surface area contributed by atoms with Crippen molar-refractivity contribution >= 4 is 40.9 Å². The average molecular weight is 566 g/mol. The Bertz CT molecular complexity index is 1420. The van der Waals surface area contributed by atoms with Crippen molar-refractivity contribution in [3.05, 3.63) is 105 Å². The Morgan fingerprint density at radius 2 is 1.77 bits per heavy atom. The number of anilines is 1. The normalized spacial score (nSPS) is 11.6. The van der Waals surface area contributed by atoms with Gasteiger partial charge in [0.25, 0.3) is 0 Å². The van der Waals surface area contributed by atoms with Gasteiger partial charge in [-0.05, 0) is 53.8 Å². The maximum Gasteiger partial charge on any atom is 0.411 e. The Morgan fingerprint density at radius 1 is 1.03 bits per heavy atom. The van der Waals surface area contributed by atoms with Crippen LogP contribution < -0.4 is 16.4 Å². The van der Waals surface area contributed by atoms with E-state index in [4.69, 9.17) is 33.9 Å². The molecule has 1 aromatic heterocycles. The molecule has 5 N–H and O–H groups in total. The number of imidazole rings is 1. The third-order valence-electron chi connectivity index (χ3n) is 6.23. The molecule has 0 saturated heterocycles. The fraction of sp³-hybridized carbons (Fsp3) is 0.207. The van der Waals surface area contributed by atoms with E-state index >= 15 is 0 Å². The van der Waals surface area contributed by atoms with Gasteiger partial charge in [-0.3, -0.25) is 10.1 Å². The fourth-order valence-electron chi connectivity index (χ4n) is 4.21. The van der Waals surface area contributed by atoms with Crippen LogP contribution in [0.1, 0.15) is 35.0 Å². The predicted molar refractivity (Wildman–Crippen MR) is 154 cm³/mol. The summed E-state index contributed by atoms with van der Waals surface area (Å²) in [5, 5.41) is 6.68. The van der Waals surface area contributed by atoms with Crippen LogP contribution >= 0.6 is 23.2 Å². The first-order chi connectivity index (χ1) is 18.9. The number of nitrogens with one attached hydrogen (secondary N) is 3. The summed E-state index contributed by atoms with van der Waals surface area (Å²) < 4.78 is 4.62. The van der Waals surface area contributed by atoms with Gasteiger partial charge in [-0.15, -0.1) is 0 Å². The number of H-pyrrole nitrogens is 1. The number of hydrogen-bond donors (Lipinski definition) is 4. The van der Waals surface area contributed by atoms with Crippen molar-refractivity contribution in [1.29, 1.82) is 0 Å². The largest absolute Gasteiger partial charge is 0.453 e. The predicted octanol–water partition coefficient (Wildman–Crippen LogP) is 6.05. The number of carbonyl (C=O) groups excluding carboxylic acids is 2. The van der Waals surface area contributed by atoms with Crippen molar-refractivity contribution in [3.8, 4) is 11.3 Å². The zero-order valence-corrected chi connectivity index (χ0v) is 22.9. The van der Waals surface area contributed by atoms with Gasteiger partial charge < -0.3 is 20.8 Å². The van der Waals surface area contributed by atoms with Gasteiger partial charge in [-0.1, -0.05) is 71.7 Å². The van der Waals surface area contributed by atoms with Crippen LogP contribution in [0.5, 0.6) is 0 Å². The van der Waals surface area contributed by atoms with Gasteiger partial charge in [0, 0.05) is 29.2 Å². The quantitative estimate of drug-likeness (QED) is 0.186. The lowest BCUT2D eigenvalue weighted by Gasteiger charge is -2.17. The van der Waals surface area contributed by atoms with E-state index in [9.17, 15) is 9.59 Å². The number of aromatic nitrogens is 2. The minimum Gasteiger partial charge on any atom is -0.453 e. The molecular weight excluding hydrogens is 537 g/mol. The highest BCUT2D eigenvalue weighted by molar-refractivity contribution is 6.32. The fourth-order valence-corrected chi connectivity index (χ4v) is 4.66. The molecule has 4 aromatic rings. The summed E-state index contributed by atoms with van der Waals surface area (Å²) >= 11 is 12.7. The number of methoxy groups -OCH3 is 1. The van der Waals surface area contributed by atoms with Crippen LogP contribution in [0.3, 0.4) is 0 Å². The lowest BCUT2D eigenvalue weighted by atomic mass is 10.0. The Labute approximate surface area is 236 Å². The van der Waals surface area contributed by atoms with E-state index in [0.29, 0.717) is 46.8 Å². The Morgan fingerprint density at radius 3 is 2.46 bits per heavy atom. The van der Waals surface area contributed by atoms with Crippen molar-refractivity contribution < 1.29 is 14.3 Å². The molecule has 2 amide bonds. The van der Waals surface area contributed by atoms with Gasteiger partial charge in [0.1, 0.15) is 16.7 Å². The summed E-state index contributed by atoms with van der Waals surface area (Å²) in [7, 11) is 1.30. The molecule has 202 valence electrons. The van der Waals surface area contributed by atoms with Crippen LogP contribution in [-0.2, 0) is 28.9 Å². The highest BCUT2D eigenvalue weighted by Gasteiger charge is 2.22. The maximum atomic E-state index is 13.1. The van der Waals surface area contributed by atoms with E-state index in [0.717, 1.165) is 22.3 Å². The molecule has 3 aromatic carbocycles. The molecule has 0 unspecified atom stereocenters. The number of ether oxygens (including phenoxy) is 1. The van der Waals surface area contributed by atoms with Crippen LogP contribution in [0, 0.1) is 0 Å². The Hall–Kier alpha value is -3.85. The molecule has 8 nitrogen and oxygen atoms in total. The van der Waals surface area contributed by atoms with Crippen molar-refractivity contribution in [3.63, 3.8) is 0 Å². The van der Waals surface area contributed by atoms with E-state index in [2.05, 4.69) is 20.4 Å². The molecule has 0 aliphatic carbocycles. The number of halogens is 2. The van der Waals surface area contributed by atoms with E-state index in [1.165, 1.54) is 7.11 Å². The molecule has 1 heterocycles. The second kappa shape index (κ2) is 13.3. The second-order valence-corrected chi connectivity index (χ2v) is 9.72. The number of nitrogens with two attached hydrogens (primary N) is 1. The Kier molecular flexibility index (Phi) is 9.59. The number of hydrogen-bond acceptors (Lipinski definition) is 5. The molecule has 4 rings (SSSR count). The van der Waals surface area contributed by atoms with Gasteiger partial charge in [-0.2, -0.15) is 0 Å². The molecule has 0 radical (unpaired) electrons. The van der Waals surface area contributed by atoms with E-state index < -0.39 is 12.1 Å². The maximum absolute atomic E-state index is 13.1. The van der Waals surface area contributed by atoms with Crippen LogP contribution in [0.4, 0.5) is 10.5 Å². The number of benzene rings is 3. The second-order valence-electron chi connectivity index (χ2n) is 8.91. The Balaban J connectivity index is 1.53. The van der Waals surface area contributed by atoms with Crippen molar-refractivity contribution in [2.24, 2.45) is 5.73 Å². The molecule has 0 spiro atoms. The van der Waals surface area contributed by atoms with Crippen LogP contribution in [0.2, 0.25) is 10.2 Å². The summed E-state index contributed by atoms with van der Waals surface area (Å²) in [6, 6.07) is 22.0. The van der Waals surface area contributed by atoms with Crippen LogP contribution in [-0.4, -0.2) is 29.1 Å². The lowest BCUT2D eigenvalue weighted by Crippen LogP contribution is -2.31. The van der Waals surface area contributed by atoms with Crippen molar-refractivity contribution in [1.82, 2.24) is 15.3 Å². The number of rotatable bonds is 10. The standard InChI is InChI=1S/C29H29Cl2N5O3/c1-39-29(38)33-23-12-8-19(9-13-23)26-27(31)36-28(35-26)24(15-18-5-3-2-4-6-18)34-25(37)14-10-20-16-22(30)11-7-21(20)17-32/h2-9,11-13,16,24H,10,14-15,17,32H2,1H3,(H,33,38)(H,34,37)(H,35,36)/t24-/m0/s1. The summed E-state index contributed by atoms with van der Waals surface area (Å²) in [6.07, 6.45) is 0.724. The van der Waals surface area contributed by atoms with E-state index in [-0.39, 0.29) is 12.3 Å².